The Labute approximate surface area is 141 Å². The molecule has 2 aromatic carbocycles. The van der Waals surface area contributed by atoms with Crippen molar-refractivity contribution >= 4 is 5.91 Å². The quantitative estimate of drug-likeness (QED) is 0.751. The van der Waals surface area contributed by atoms with E-state index in [9.17, 15) is 4.79 Å². The van der Waals surface area contributed by atoms with Crippen molar-refractivity contribution in [1.82, 2.24) is 10.5 Å². The van der Waals surface area contributed by atoms with E-state index in [1.165, 1.54) is 0 Å². The molecule has 0 atom stereocenters. The Kier molecular flexibility index (Phi) is 5.06. The number of carbonyl (C=O) groups excluding carboxylic acids is 1. The van der Waals surface area contributed by atoms with Gasteiger partial charge < -0.3 is 9.84 Å². The number of aromatic nitrogens is 1. The summed E-state index contributed by atoms with van der Waals surface area (Å²) >= 11 is 0. The van der Waals surface area contributed by atoms with Crippen LogP contribution in [0.1, 0.15) is 34.8 Å². The van der Waals surface area contributed by atoms with Gasteiger partial charge in [0.1, 0.15) is 5.76 Å². The molecule has 24 heavy (non-hydrogen) atoms. The second kappa shape index (κ2) is 7.59. The lowest BCUT2D eigenvalue weighted by atomic mass is 9.88. The number of amides is 1. The van der Waals surface area contributed by atoms with Crippen molar-refractivity contribution in [3.63, 3.8) is 0 Å². The summed E-state index contributed by atoms with van der Waals surface area (Å²) in [5.74, 6) is 0.780. The van der Waals surface area contributed by atoms with Crippen LogP contribution in [0.2, 0.25) is 0 Å². The van der Waals surface area contributed by atoms with Crippen molar-refractivity contribution < 1.29 is 9.32 Å². The third kappa shape index (κ3) is 3.90. The van der Waals surface area contributed by atoms with E-state index >= 15 is 0 Å². The van der Waals surface area contributed by atoms with Gasteiger partial charge in [0.15, 0.2) is 0 Å². The summed E-state index contributed by atoms with van der Waals surface area (Å²) in [6.45, 7) is 2.27. The minimum atomic E-state index is 0.00769. The Hall–Kier alpha value is -2.88. The topological polar surface area (TPSA) is 55.1 Å². The van der Waals surface area contributed by atoms with Gasteiger partial charge in [-0.3, -0.25) is 4.79 Å². The van der Waals surface area contributed by atoms with E-state index in [2.05, 4.69) is 34.7 Å². The third-order valence-corrected chi connectivity index (χ3v) is 4.12. The minimum absolute atomic E-state index is 0.00769. The Balaban J connectivity index is 1.72. The normalized spacial score (nSPS) is 10.8. The van der Waals surface area contributed by atoms with Gasteiger partial charge in [0, 0.05) is 24.4 Å². The lowest BCUT2D eigenvalue weighted by molar-refractivity contribution is -0.121. The van der Waals surface area contributed by atoms with Crippen molar-refractivity contribution in [1.29, 1.82) is 0 Å². The van der Waals surface area contributed by atoms with Crippen LogP contribution < -0.4 is 5.32 Å². The van der Waals surface area contributed by atoms with Gasteiger partial charge in [0.25, 0.3) is 0 Å². The van der Waals surface area contributed by atoms with E-state index in [0.717, 1.165) is 22.5 Å². The molecule has 0 aliphatic carbocycles. The molecule has 1 aromatic heterocycles. The first-order valence-electron chi connectivity index (χ1n) is 8.01. The molecule has 1 amide bonds. The zero-order valence-corrected chi connectivity index (χ0v) is 13.6. The molecule has 4 nitrogen and oxygen atoms in total. The molecule has 3 rings (SSSR count). The number of hydrogen-bond donors (Lipinski definition) is 1. The molecule has 0 bridgehead atoms. The van der Waals surface area contributed by atoms with Crippen molar-refractivity contribution in [2.75, 3.05) is 0 Å². The number of nitrogens with zero attached hydrogens (tertiary/aromatic N) is 1. The van der Waals surface area contributed by atoms with Crippen LogP contribution in [0.5, 0.6) is 0 Å². The Morgan fingerprint density at radius 3 is 2.12 bits per heavy atom. The molecule has 0 unspecified atom stereocenters. The second-order valence-corrected chi connectivity index (χ2v) is 5.76. The first-order valence-corrected chi connectivity index (χ1v) is 8.01. The fourth-order valence-electron chi connectivity index (χ4n) is 2.74. The Morgan fingerprint density at radius 1 is 1.04 bits per heavy atom. The van der Waals surface area contributed by atoms with Crippen LogP contribution in [-0.4, -0.2) is 11.1 Å². The molecule has 0 radical (unpaired) electrons. The predicted octanol–water partition coefficient (Wildman–Crippen LogP) is 3.82. The van der Waals surface area contributed by atoms with E-state index in [4.69, 9.17) is 4.52 Å². The fourth-order valence-corrected chi connectivity index (χ4v) is 2.74. The molecule has 122 valence electrons. The van der Waals surface area contributed by atoms with Crippen LogP contribution in [0.4, 0.5) is 0 Å². The van der Waals surface area contributed by atoms with E-state index < -0.39 is 0 Å². The van der Waals surface area contributed by atoms with Gasteiger partial charge in [0.2, 0.25) is 5.91 Å². The van der Waals surface area contributed by atoms with Crippen molar-refractivity contribution in [2.45, 2.75) is 25.8 Å². The molecule has 4 heteroatoms. The van der Waals surface area contributed by atoms with Crippen LogP contribution in [0.25, 0.3) is 0 Å². The van der Waals surface area contributed by atoms with Crippen molar-refractivity contribution in [3.8, 4) is 0 Å². The van der Waals surface area contributed by atoms with Gasteiger partial charge in [-0.15, -0.1) is 0 Å². The lowest BCUT2D eigenvalue weighted by Gasteiger charge is -2.17. The van der Waals surface area contributed by atoms with Gasteiger partial charge in [-0.1, -0.05) is 65.8 Å². The molecule has 0 fully saturated rings. The fraction of sp³-hybridized carbons (Fsp3) is 0.200. The molecular weight excluding hydrogens is 300 g/mol. The molecular formula is C20H20N2O2. The predicted molar refractivity (Wildman–Crippen MR) is 92.4 cm³/mol. The van der Waals surface area contributed by atoms with Gasteiger partial charge in [0.05, 0.1) is 6.20 Å². The van der Waals surface area contributed by atoms with Crippen LogP contribution in [0, 0.1) is 6.92 Å². The third-order valence-electron chi connectivity index (χ3n) is 4.12. The highest BCUT2D eigenvalue weighted by atomic mass is 16.5. The van der Waals surface area contributed by atoms with Crippen molar-refractivity contribution in [2.24, 2.45) is 0 Å². The average molecular weight is 320 g/mol. The number of benzene rings is 2. The molecule has 0 spiro atoms. The minimum Gasteiger partial charge on any atom is -0.361 e. The molecule has 1 heterocycles. The summed E-state index contributed by atoms with van der Waals surface area (Å²) in [6.07, 6.45) is 2.04. The highest BCUT2D eigenvalue weighted by Gasteiger charge is 2.18. The summed E-state index contributed by atoms with van der Waals surface area (Å²) in [4.78, 5) is 12.4. The van der Waals surface area contributed by atoms with Crippen molar-refractivity contribution in [3.05, 3.63) is 89.3 Å². The monoisotopic (exact) mass is 320 g/mol. The maximum atomic E-state index is 12.4. The summed E-state index contributed by atoms with van der Waals surface area (Å²) in [7, 11) is 0. The first-order chi connectivity index (χ1) is 11.7. The highest BCUT2D eigenvalue weighted by Crippen LogP contribution is 2.27. The maximum Gasteiger partial charge on any atom is 0.221 e. The van der Waals surface area contributed by atoms with Gasteiger partial charge in [-0.05, 0) is 18.1 Å². The Morgan fingerprint density at radius 2 is 1.62 bits per heavy atom. The standard InChI is InChI=1S/C20H20N2O2/c1-15-18(14-22-24-15)13-21-20(23)12-19(16-8-4-2-5-9-16)17-10-6-3-7-11-17/h2-11,14,19H,12-13H2,1H3,(H,21,23). The average Bonchev–Trinajstić information content (AvgIpc) is 3.04. The molecule has 3 aromatic rings. The number of rotatable bonds is 6. The van der Waals surface area contributed by atoms with Crippen LogP contribution >= 0.6 is 0 Å². The number of hydrogen-bond acceptors (Lipinski definition) is 3. The van der Waals surface area contributed by atoms with Crippen LogP contribution in [0.15, 0.2) is 71.4 Å². The zero-order valence-electron chi connectivity index (χ0n) is 13.6. The van der Waals surface area contributed by atoms with E-state index in [0.29, 0.717) is 13.0 Å². The molecule has 1 N–H and O–H groups in total. The van der Waals surface area contributed by atoms with Gasteiger partial charge in [-0.2, -0.15) is 0 Å². The number of aryl methyl sites for hydroxylation is 1. The van der Waals surface area contributed by atoms with Crippen LogP contribution in [-0.2, 0) is 11.3 Å². The second-order valence-electron chi connectivity index (χ2n) is 5.76. The lowest BCUT2D eigenvalue weighted by Crippen LogP contribution is -2.25. The van der Waals surface area contributed by atoms with E-state index in [1.807, 2.05) is 43.3 Å². The molecule has 0 aliphatic rings. The SMILES string of the molecule is Cc1oncc1CNC(=O)CC(c1ccccc1)c1ccccc1. The largest absolute Gasteiger partial charge is 0.361 e. The number of nitrogens with one attached hydrogen (secondary N) is 1. The van der Waals surface area contributed by atoms with E-state index in [-0.39, 0.29) is 11.8 Å². The molecule has 0 aliphatic heterocycles. The highest BCUT2D eigenvalue weighted by molar-refractivity contribution is 5.77. The smallest absolute Gasteiger partial charge is 0.221 e. The Bertz CT molecular complexity index is 742. The van der Waals surface area contributed by atoms with Gasteiger partial charge in [-0.25, -0.2) is 0 Å². The summed E-state index contributed by atoms with van der Waals surface area (Å²) in [5.41, 5.74) is 3.18. The molecule has 0 saturated heterocycles. The first kappa shape index (κ1) is 16.0. The van der Waals surface area contributed by atoms with Gasteiger partial charge >= 0.3 is 0 Å². The zero-order chi connectivity index (χ0) is 16.8. The summed E-state index contributed by atoms with van der Waals surface area (Å²) in [6, 6.07) is 20.2. The molecule has 0 saturated carbocycles. The van der Waals surface area contributed by atoms with Crippen LogP contribution in [0.3, 0.4) is 0 Å². The summed E-state index contributed by atoms with van der Waals surface area (Å²) < 4.78 is 5.02. The summed E-state index contributed by atoms with van der Waals surface area (Å²) in [5, 5.41) is 6.69. The number of carbonyl (C=O) groups is 1. The van der Waals surface area contributed by atoms with E-state index in [1.54, 1.807) is 6.20 Å². The maximum absolute atomic E-state index is 12.4.